The number of amides is 2. The molecule has 9 nitrogen and oxygen atoms in total. The van der Waals surface area contributed by atoms with Crippen molar-refractivity contribution in [2.75, 3.05) is 55.9 Å². The van der Waals surface area contributed by atoms with Gasteiger partial charge in [-0.25, -0.2) is 9.37 Å². The minimum absolute atomic E-state index is 0.0199. The molecule has 0 aliphatic carbocycles. The van der Waals surface area contributed by atoms with Crippen LogP contribution in [-0.4, -0.2) is 73.8 Å². The molecule has 0 radical (unpaired) electrons. The van der Waals surface area contributed by atoms with Crippen LogP contribution in [0.4, 0.5) is 15.9 Å². The van der Waals surface area contributed by atoms with Gasteiger partial charge in [0.05, 0.1) is 12.4 Å². The minimum atomic E-state index is -0.388. The molecule has 2 amide bonds. The number of carbonyl (C=O) groups excluding carboxylic acids is 2. The topological polar surface area (TPSA) is 87.2 Å². The predicted molar refractivity (Wildman–Crippen MR) is 119 cm³/mol. The highest BCUT2D eigenvalue weighted by Crippen LogP contribution is 2.32. The summed E-state index contributed by atoms with van der Waals surface area (Å²) in [5, 5.41) is 3.48. The second-order valence-electron chi connectivity index (χ2n) is 8.36. The van der Waals surface area contributed by atoms with E-state index in [2.05, 4.69) is 15.2 Å². The number of rotatable bonds is 6. The Morgan fingerprint density at radius 2 is 1.76 bits per heavy atom. The molecular weight excluding hydrogens is 429 g/mol. The van der Waals surface area contributed by atoms with Gasteiger partial charge in [0.15, 0.2) is 24.8 Å². The number of anilines is 2. The number of nitrogens with one attached hydrogen (secondary N) is 1. The number of nitrogens with zero attached hydrogens (tertiary/aromatic N) is 4. The number of likely N-dealkylation sites (tertiary alicyclic amines) is 1. The molecular formula is C23H26FN5O4. The third kappa shape index (κ3) is 4.62. The van der Waals surface area contributed by atoms with Crippen molar-refractivity contribution in [3.63, 3.8) is 0 Å². The normalized spacial score (nSPS) is 19.1. The highest BCUT2D eigenvalue weighted by Gasteiger charge is 2.29. The van der Waals surface area contributed by atoms with Crippen LogP contribution in [0.2, 0.25) is 0 Å². The van der Waals surface area contributed by atoms with Crippen molar-refractivity contribution >= 4 is 23.3 Å². The van der Waals surface area contributed by atoms with Gasteiger partial charge in [-0.3, -0.25) is 19.8 Å². The lowest BCUT2D eigenvalue weighted by atomic mass is 10.1. The number of fused-ring (bicyclic) bond motifs is 2. The standard InChI is InChI=1S/C23H26FN5O4/c24-16-3-4-19-18(12-16)28(21(30)13-32-19)11-10-27-8-5-17(6-9-27)26-15-29-22(31)14-33-20-2-1-7-25-23(20)29/h1-4,7,12,17,26H,5-6,8-11,13-15H2. The molecule has 1 fully saturated rings. The van der Waals surface area contributed by atoms with Crippen LogP contribution in [-0.2, 0) is 9.59 Å². The summed E-state index contributed by atoms with van der Waals surface area (Å²) in [5.74, 6) is 1.04. The molecule has 33 heavy (non-hydrogen) atoms. The average Bonchev–Trinajstić information content (AvgIpc) is 2.83. The van der Waals surface area contributed by atoms with Crippen LogP contribution in [0.3, 0.4) is 0 Å². The summed E-state index contributed by atoms with van der Waals surface area (Å²) in [6, 6.07) is 8.13. The van der Waals surface area contributed by atoms with Crippen LogP contribution in [0, 0.1) is 5.82 Å². The van der Waals surface area contributed by atoms with E-state index in [9.17, 15) is 14.0 Å². The summed E-state index contributed by atoms with van der Waals surface area (Å²) in [6.45, 7) is 3.32. The molecule has 0 unspecified atom stereocenters. The van der Waals surface area contributed by atoms with Crippen molar-refractivity contribution < 1.29 is 23.5 Å². The largest absolute Gasteiger partial charge is 0.482 e. The van der Waals surface area contributed by atoms with Gasteiger partial charge in [0.1, 0.15) is 11.6 Å². The fraction of sp³-hybridized carbons (Fsp3) is 0.435. The molecule has 1 saturated heterocycles. The van der Waals surface area contributed by atoms with Crippen molar-refractivity contribution in [2.24, 2.45) is 0 Å². The van der Waals surface area contributed by atoms with Gasteiger partial charge >= 0.3 is 0 Å². The van der Waals surface area contributed by atoms with E-state index in [1.165, 1.54) is 12.1 Å². The molecule has 174 valence electrons. The first-order valence-corrected chi connectivity index (χ1v) is 11.1. The van der Waals surface area contributed by atoms with Gasteiger partial charge in [0.25, 0.3) is 11.8 Å². The Morgan fingerprint density at radius 1 is 1.00 bits per heavy atom. The van der Waals surface area contributed by atoms with Crippen molar-refractivity contribution in [2.45, 2.75) is 18.9 Å². The zero-order chi connectivity index (χ0) is 22.8. The van der Waals surface area contributed by atoms with Crippen molar-refractivity contribution in [3.05, 3.63) is 42.3 Å². The van der Waals surface area contributed by atoms with Crippen LogP contribution in [0.1, 0.15) is 12.8 Å². The predicted octanol–water partition coefficient (Wildman–Crippen LogP) is 1.38. The molecule has 0 atom stereocenters. The van der Waals surface area contributed by atoms with Crippen molar-refractivity contribution in [3.8, 4) is 11.5 Å². The lowest BCUT2D eigenvalue weighted by molar-refractivity contribution is -0.122. The molecule has 0 saturated carbocycles. The zero-order valence-corrected chi connectivity index (χ0v) is 18.2. The maximum absolute atomic E-state index is 13.7. The number of benzene rings is 1. The van der Waals surface area contributed by atoms with Gasteiger partial charge in [0, 0.05) is 31.4 Å². The van der Waals surface area contributed by atoms with Crippen LogP contribution >= 0.6 is 0 Å². The molecule has 3 aliphatic rings. The van der Waals surface area contributed by atoms with Crippen LogP contribution in [0.25, 0.3) is 0 Å². The van der Waals surface area contributed by atoms with Gasteiger partial charge < -0.3 is 19.3 Å². The van der Waals surface area contributed by atoms with Crippen LogP contribution < -0.4 is 24.6 Å². The number of hydrogen-bond acceptors (Lipinski definition) is 7. The van der Waals surface area contributed by atoms with Crippen molar-refractivity contribution in [1.29, 1.82) is 0 Å². The number of halogens is 1. The fourth-order valence-electron chi connectivity index (χ4n) is 4.44. The maximum Gasteiger partial charge on any atom is 0.267 e. The Balaban J connectivity index is 1.11. The number of carbonyl (C=O) groups is 2. The van der Waals surface area contributed by atoms with Gasteiger partial charge in [-0.05, 0) is 50.2 Å². The van der Waals surface area contributed by atoms with Crippen molar-refractivity contribution in [1.82, 2.24) is 15.2 Å². The van der Waals surface area contributed by atoms with E-state index in [0.717, 1.165) is 25.9 Å². The number of ether oxygens (including phenoxy) is 2. The van der Waals surface area contributed by atoms with Crippen LogP contribution in [0.5, 0.6) is 11.5 Å². The summed E-state index contributed by atoms with van der Waals surface area (Å²) >= 11 is 0. The lowest BCUT2D eigenvalue weighted by Gasteiger charge is -2.36. The summed E-state index contributed by atoms with van der Waals surface area (Å²) in [7, 11) is 0. The van der Waals surface area contributed by atoms with Gasteiger partial charge in [-0.15, -0.1) is 0 Å². The Kier molecular flexibility index (Phi) is 6.10. The van der Waals surface area contributed by atoms with Gasteiger partial charge in [0.2, 0.25) is 0 Å². The number of pyridine rings is 1. The van der Waals surface area contributed by atoms with Gasteiger partial charge in [-0.1, -0.05) is 0 Å². The first kappa shape index (κ1) is 21.6. The SMILES string of the molecule is O=C1COc2ccc(F)cc2N1CCN1CCC(NCN2C(=O)COc3cccnc32)CC1. The smallest absolute Gasteiger partial charge is 0.267 e. The van der Waals surface area contributed by atoms with E-state index in [1.54, 1.807) is 28.1 Å². The molecule has 1 aromatic heterocycles. The Morgan fingerprint density at radius 3 is 2.58 bits per heavy atom. The monoisotopic (exact) mass is 455 g/mol. The van der Waals surface area contributed by atoms with Gasteiger partial charge in [-0.2, -0.15) is 0 Å². The lowest BCUT2D eigenvalue weighted by Crippen LogP contribution is -2.51. The molecule has 4 heterocycles. The second-order valence-corrected chi connectivity index (χ2v) is 8.36. The Hall–Kier alpha value is -3.24. The average molecular weight is 455 g/mol. The number of hydrogen-bond donors (Lipinski definition) is 1. The third-order valence-electron chi connectivity index (χ3n) is 6.29. The first-order chi connectivity index (χ1) is 16.1. The highest BCUT2D eigenvalue weighted by molar-refractivity contribution is 5.98. The van der Waals surface area contributed by atoms with E-state index >= 15 is 0 Å². The molecule has 1 aromatic carbocycles. The number of aromatic nitrogens is 1. The van der Waals surface area contributed by atoms with E-state index in [-0.39, 0.29) is 36.9 Å². The molecule has 10 heteroatoms. The second kappa shape index (κ2) is 9.32. The molecule has 5 rings (SSSR count). The van der Waals surface area contributed by atoms with Crippen LogP contribution in [0.15, 0.2) is 36.5 Å². The summed E-state index contributed by atoms with van der Waals surface area (Å²) in [4.78, 5) is 34.5. The van der Waals surface area contributed by atoms with E-state index < -0.39 is 0 Å². The molecule has 3 aliphatic heterocycles. The summed E-state index contributed by atoms with van der Waals surface area (Å²) < 4.78 is 24.6. The highest BCUT2D eigenvalue weighted by atomic mass is 19.1. The van der Waals surface area contributed by atoms with E-state index in [0.29, 0.717) is 42.8 Å². The summed E-state index contributed by atoms with van der Waals surface area (Å²) in [5.41, 5.74) is 0.492. The van der Waals surface area contributed by atoms with E-state index in [1.807, 2.05) is 6.07 Å². The zero-order valence-electron chi connectivity index (χ0n) is 18.2. The Bertz CT molecular complexity index is 1040. The molecule has 1 N–H and O–H groups in total. The fourth-order valence-corrected chi connectivity index (χ4v) is 4.44. The molecule has 0 bridgehead atoms. The maximum atomic E-state index is 13.7. The van der Waals surface area contributed by atoms with E-state index in [4.69, 9.17) is 9.47 Å². The number of piperidine rings is 1. The third-order valence-corrected chi connectivity index (χ3v) is 6.29. The Labute approximate surface area is 191 Å². The quantitative estimate of drug-likeness (QED) is 0.704. The first-order valence-electron chi connectivity index (χ1n) is 11.1. The summed E-state index contributed by atoms with van der Waals surface area (Å²) in [6.07, 6.45) is 3.50. The molecule has 0 spiro atoms. The minimum Gasteiger partial charge on any atom is -0.482 e. The molecule has 2 aromatic rings.